The van der Waals surface area contributed by atoms with Gasteiger partial charge < -0.3 is 24.8 Å². The normalized spacial score (nSPS) is 19.6. The van der Waals surface area contributed by atoms with Gasteiger partial charge in [-0.05, 0) is 81.5 Å². The number of nitriles is 2. The van der Waals surface area contributed by atoms with Gasteiger partial charge in [0.25, 0.3) is 10.1 Å². The van der Waals surface area contributed by atoms with Crippen LogP contribution in [-0.2, 0) is 40.7 Å². The third-order valence-electron chi connectivity index (χ3n) is 11.3. The summed E-state index contributed by atoms with van der Waals surface area (Å²) in [6.07, 6.45) is 6.43. The molecule has 58 heavy (non-hydrogen) atoms. The van der Waals surface area contributed by atoms with Crippen LogP contribution in [0.1, 0.15) is 90.2 Å². The fraction of sp³-hybridized carbons (Fsp3) is 0.439. The number of rotatable bonds is 17. The summed E-state index contributed by atoms with van der Waals surface area (Å²) in [5, 5.41) is 50.6. The number of aliphatic hydroxyl groups is 1. The van der Waals surface area contributed by atoms with Gasteiger partial charge in [-0.2, -0.15) is 23.5 Å². The highest BCUT2D eigenvalue weighted by Gasteiger charge is 2.49. The number of hydrogen-bond donors (Lipinski definition) is 4. The van der Waals surface area contributed by atoms with Crippen molar-refractivity contribution < 1.29 is 55.4 Å². The van der Waals surface area contributed by atoms with E-state index in [0.29, 0.717) is 85.5 Å². The number of carboxylic acids is 2. The summed E-state index contributed by atoms with van der Waals surface area (Å²) in [4.78, 5) is 23.4. The summed E-state index contributed by atoms with van der Waals surface area (Å²) in [5.41, 5.74) is 2.17. The standard InChI is InChI=1S/C41H46N4O11S2/c1-40(2)30-19-26(57(51,52)53)13-15-32(30)44(17-9-5-7-11-36(46)47)34(40)21-28-38(25(23-42)24-43)29(39(28)50)22-35-41(3,4)31-20-27(58(54,55)56)14-16-33(31)45(35)18-10-6-8-12-37(48)49/h13-16,19-22,25,38H,5-12,17-18H2,1-4H3,(H4-,46,47,48,49,50,51,52,53,54,55,56). The Balaban J connectivity index is 1.65. The Kier molecular flexibility index (Phi) is 12.5. The second kappa shape index (κ2) is 16.5. The maximum Gasteiger partial charge on any atom is 0.303 e. The molecule has 2 aromatic rings. The highest BCUT2D eigenvalue weighted by molar-refractivity contribution is 7.86. The summed E-state index contributed by atoms with van der Waals surface area (Å²) in [6, 6.07) is 12.4. The van der Waals surface area contributed by atoms with Crippen LogP contribution in [0.4, 0.5) is 11.4 Å². The monoisotopic (exact) mass is 834 g/mol. The van der Waals surface area contributed by atoms with Gasteiger partial charge >= 0.3 is 11.9 Å². The first-order valence-corrected chi connectivity index (χ1v) is 21.7. The average molecular weight is 835 g/mol. The zero-order valence-corrected chi connectivity index (χ0v) is 34.2. The Bertz CT molecular complexity index is 2470. The van der Waals surface area contributed by atoms with Crippen LogP contribution in [0.15, 0.2) is 80.9 Å². The van der Waals surface area contributed by atoms with E-state index in [2.05, 4.69) is 0 Å². The average Bonchev–Trinajstić information content (AvgIpc) is 3.48. The molecule has 2 aliphatic heterocycles. The van der Waals surface area contributed by atoms with E-state index in [0.717, 1.165) is 0 Å². The molecule has 17 heteroatoms. The van der Waals surface area contributed by atoms with Crippen molar-refractivity contribution in [3.05, 3.63) is 82.3 Å². The minimum atomic E-state index is -4.81. The van der Waals surface area contributed by atoms with E-state index < -0.39 is 59.7 Å². The summed E-state index contributed by atoms with van der Waals surface area (Å²) >= 11 is 0. The fourth-order valence-corrected chi connectivity index (χ4v) is 9.18. The molecule has 0 aromatic heterocycles. The van der Waals surface area contributed by atoms with Crippen molar-refractivity contribution in [2.75, 3.05) is 18.0 Å². The number of fused-ring (bicyclic) bond motifs is 2. The lowest BCUT2D eigenvalue weighted by molar-refractivity contribution is -0.438. The van der Waals surface area contributed by atoms with Crippen LogP contribution in [0.2, 0.25) is 0 Å². The molecule has 1 aliphatic carbocycles. The smallest absolute Gasteiger partial charge is 0.303 e. The molecule has 0 fully saturated rings. The summed E-state index contributed by atoms with van der Waals surface area (Å²) in [6.45, 7) is 8.05. The second-order valence-corrected chi connectivity index (χ2v) is 18.6. The first-order valence-electron chi connectivity index (χ1n) is 18.8. The molecule has 0 radical (unpaired) electrons. The number of aliphatic hydroxyl groups excluding tert-OH is 1. The Labute approximate surface area is 338 Å². The summed E-state index contributed by atoms with van der Waals surface area (Å²) in [5.74, 6) is -4.25. The summed E-state index contributed by atoms with van der Waals surface area (Å²) in [7, 11) is -9.38. The molecule has 0 amide bonds. The molecule has 0 bridgehead atoms. The van der Waals surface area contributed by atoms with E-state index in [1.54, 1.807) is 18.2 Å². The molecule has 1 atom stereocenters. The molecule has 15 nitrogen and oxygen atoms in total. The molecule has 2 aromatic carbocycles. The largest absolute Gasteiger partial charge is 0.744 e. The van der Waals surface area contributed by atoms with Gasteiger partial charge in [-0.3, -0.25) is 14.1 Å². The molecular weight excluding hydrogens is 789 g/mol. The Morgan fingerprint density at radius 2 is 1.45 bits per heavy atom. The minimum absolute atomic E-state index is 0.00823. The lowest BCUT2D eigenvalue weighted by Gasteiger charge is -2.35. The van der Waals surface area contributed by atoms with Crippen molar-refractivity contribution in [2.45, 2.75) is 99.7 Å². The van der Waals surface area contributed by atoms with Crippen molar-refractivity contribution in [1.29, 1.82) is 10.5 Å². The topological polar surface area (TPSA) is 260 Å². The minimum Gasteiger partial charge on any atom is -0.744 e. The zero-order valence-electron chi connectivity index (χ0n) is 32.6. The van der Waals surface area contributed by atoms with E-state index >= 15 is 0 Å². The van der Waals surface area contributed by atoms with Crippen LogP contribution in [0, 0.1) is 34.5 Å². The number of carbonyl (C=O) groups is 2. The number of aliphatic carboxylic acids is 2. The molecule has 5 rings (SSSR count). The van der Waals surface area contributed by atoms with Crippen LogP contribution in [0.3, 0.4) is 0 Å². The summed E-state index contributed by atoms with van der Waals surface area (Å²) < 4.78 is 72.3. The number of nitrogens with zero attached hydrogens (tertiary/aromatic N) is 4. The molecule has 2 heterocycles. The maximum absolute atomic E-state index is 12.2. The van der Waals surface area contributed by atoms with Gasteiger partial charge in [0.05, 0.1) is 27.3 Å². The number of carboxylic acid groups (broad SMARTS) is 2. The Morgan fingerprint density at radius 3 is 2.02 bits per heavy atom. The molecule has 1 unspecified atom stereocenters. The van der Waals surface area contributed by atoms with Crippen LogP contribution < -0.4 is 4.90 Å². The highest BCUT2D eigenvalue weighted by Crippen LogP contribution is 2.53. The van der Waals surface area contributed by atoms with E-state index in [4.69, 9.17) is 10.2 Å². The lowest BCUT2D eigenvalue weighted by atomic mass is 9.68. The van der Waals surface area contributed by atoms with Gasteiger partial charge in [0.1, 0.15) is 28.3 Å². The van der Waals surface area contributed by atoms with Crippen molar-refractivity contribution >= 4 is 49.3 Å². The van der Waals surface area contributed by atoms with Gasteiger partial charge in [0, 0.05) is 77.4 Å². The lowest BCUT2D eigenvalue weighted by Crippen LogP contribution is -2.34. The molecular formula is C41H46N4O11S2. The molecule has 3 aliphatic rings. The molecule has 0 spiro atoms. The van der Waals surface area contributed by atoms with Crippen LogP contribution in [0.25, 0.3) is 0 Å². The van der Waals surface area contributed by atoms with Gasteiger partial charge in [0.2, 0.25) is 5.69 Å². The molecule has 308 valence electrons. The SMILES string of the molecule is CC1(C)C(/C=C2C(O)=C(/C=C3/N(CCCCCC(=O)O)c4ccc(S(=O)(=O)O)cc4C3(C)C)C\2C(C#N)C#N)=[N+](CCCCCC(=O)O)c2ccc(S(=O)(=O)[O-])cc21. The van der Waals surface area contributed by atoms with Gasteiger partial charge in [0.15, 0.2) is 5.71 Å². The number of unbranched alkanes of at least 4 members (excludes halogenated alkanes) is 4. The number of anilines is 1. The second-order valence-electron chi connectivity index (χ2n) is 15.8. The van der Waals surface area contributed by atoms with Crippen molar-refractivity contribution in [2.24, 2.45) is 11.8 Å². The fourth-order valence-electron chi connectivity index (χ4n) is 8.17. The van der Waals surface area contributed by atoms with Crippen LogP contribution >= 0.6 is 0 Å². The van der Waals surface area contributed by atoms with Crippen molar-refractivity contribution in [3.8, 4) is 12.1 Å². The Hall–Kier alpha value is -5.33. The number of hydrogen-bond acceptors (Lipinski definition) is 11. The first-order chi connectivity index (χ1) is 27.0. The third kappa shape index (κ3) is 8.59. The third-order valence-corrected chi connectivity index (χ3v) is 13.0. The quantitative estimate of drug-likeness (QED) is 0.0784. The van der Waals surface area contributed by atoms with Gasteiger partial charge in [-0.1, -0.05) is 20.3 Å². The predicted molar refractivity (Wildman–Crippen MR) is 210 cm³/mol. The molecule has 0 saturated heterocycles. The zero-order chi connectivity index (χ0) is 43.0. The van der Waals surface area contributed by atoms with Gasteiger partial charge in [-0.25, -0.2) is 8.42 Å². The van der Waals surface area contributed by atoms with E-state index in [1.165, 1.54) is 30.3 Å². The maximum atomic E-state index is 12.2. The molecule has 0 saturated carbocycles. The van der Waals surface area contributed by atoms with Crippen molar-refractivity contribution in [1.82, 2.24) is 0 Å². The van der Waals surface area contributed by atoms with E-state index in [1.807, 2.05) is 49.3 Å². The number of benzene rings is 2. The van der Waals surface area contributed by atoms with Crippen LogP contribution in [0.5, 0.6) is 0 Å². The highest BCUT2D eigenvalue weighted by atomic mass is 32.2. The first kappa shape index (κ1) is 43.8. The Morgan fingerprint density at radius 1 is 0.862 bits per heavy atom. The van der Waals surface area contributed by atoms with Crippen LogP contribution in [-0.4, -0.2) is 76.6 Å². The van der Waals surface area contributed by atoms with E-state index in [9.17, 15) is 51.2 Å². The van der Waals surface area contributed by atoms with Crippen molar-refractivity contribution in [3.63, 3.8) is 0 Å². The van der Waals surface area contributed by atoms with Gasteiger partial charge in [-0.15, -0.1) is 0 Å². The molecule has 4 N–H and O–H groups in total. The number of allylic oxidation sites excluding steroid dienone is 5. The van der Waals surface area contributed by atoms with E-state index in [-0.39, 0.29) is 34.6 Å². The predicted octanol–water partition coefficient (Wildman–Crippen LogP) is 6.22.